The van der Waals surface area contributed by atoms with Crippen LogP contribution >= 0.6 is 0 Å². The Morgan fingerprint density at radius 2 is 1.36 bits per heavy atom. The predicted octanol–water partition coefficient (Wildman–Crippen LogP) is -0.798. The maximum absolute atomic E-state index is 2.20. The number of quaternary nitrogens is 1. The second-order valence-corrected chi connectivity index (χ2v) is 3.93. The molecule has 0 saturated heterocycles. The molecule has 0 unspecified atom stereocenters. The van der Waals surface area contributed by atoms with Crippen LogP contribution in [0.1, 0.15) is 5.56 Å². The van der Waals surface area contributed by atoms with Crippen LogP contribution in [0, 0.1) is 0 Å². The summed E-state index contributed by atoms with van der Waals surface area (Å²) in [6.07, 6.45) is 0. The molecule has 1 aromatic rings. The van der Waals surface area contributed by atoms with Crippen molar-refractivity contribution in [2.24, 2.45) is 0 Å². The Kier molecular flexibility index (Phi) is 9.86. The van der Waals surface area contributed by atoms with Crippen LogP contribution in [0.25, 0.3) is 0 Å². The standard InChI is InChI=1S/C10H16N.3FH/c1-11(2,3)9-10-7-5-4-6-8-10;;;/h4-8H,9H2,1-3H3;3*1H/q+1;;;/p-1. The summed E-state index contributed by atoms with van der Waals surface area (Å²) in [7, 11) is 6.60. The fourth-order valence-electron chi connectivity index (χ4n) is 1.13. The van der Waals surface area contributed by atoms with Crippen LogP contribution in [-0.2, 0) is 6.54 Å². The summed E-state index contributed by atoms with van der Waals surface area (Å²) in [6.45, 7) is 1.10. The zero-order valence-corrected chi connectivity index (χ0v) is 8.74. The molecule has 0 fully saturated rings. The summed E-state index contributed by atoms with van der Waals surface area (Å²) < 4.78 is 0.990. The van der Waals surface area contributed by atoms with Crippen LogP contribution < -0.4 is 4.70 Å². The van der Waals surface area contributed by atoms with Gasteiger partial charge in [-0.05, 0) is 0 Å². The van der Waals surface area contributed by atoms with Crippen LogP contribution in [0.4, 0.5) is 9.41 Å². The minimum Gasteiger partial charge on any atom is -1.00 e. The first-order valence-corrected chi connectivity index (χ1v) is 3.92. The largest absolute Gasteiger partial charge is 1.00 e. The highest BCUT2D eigenvalue weighted by atomic mass is 19.0. The molecule has 0 N–H and O–H groups in total. The molecule has 1 rings (SSSR count). The van der Waals surface area contributed by atoms with Crippen molar-refractivity contribution in [2.45, 2.75) is 6.54 Å². The molecule has 14 heavy (non-hydrogen) atoms. The second-order valence-electron chi connectivity index (χ2n) is 3.93. The quantitative estimate of drug-likeness (QED) is 0.560. The Hall–Kier alpha value is -1.03. The summed E-state index contributed by atoms with van der Waals surface area (Å²) in [5, 5.41) is 0. The fraction of sp³-hybridized carbons (Fsp3) is 0.400. The molecular formula is C10H18F3N. The van der Waals surface area contributed by atoms with E-state index in [4.69, 9.17) is 0 Å². The van der Waals surface area contributed by atoms with E-state index in [0.29, 0.717) is 0 Å². The molecule has 0 bridgehead atoms. The van der Waals surface area contributed by atoms with Crippen molar-refractivity contribution < 1.29 is 18.6 Å². The predicted molar refractivity (Wildman–Crippen MR) is 53.2 cm³/mol. The highest BCUT2D eigenvalue weighted by molar-refractivity contribution is 5.13. The van der Waals surface area contributed by atoms with Gasteiger partial charge in [0.05, 0.1) is 21.1 Å². The van der Waals surface area contributed by atoms with E-state index in [0.717, 1.165) is 11.0 Å². The lowest BCUT2D eigenvalue weighted by molar-refractivity contribution is -0.884. The van der Waals surface area contributed by atoms with Gasteiger partial charge in [0.1, 0.15) is 6.54 Å². The molecule has 0 aliphatic carbocycles. The van der Waals surface area contributed by atoms with Crippen molar-refractivity contribution in [3.05, 3.63) is 35.9 Å². The molecule has 0 saturated carbocycles. The minimum absolute atomic E-state index is 0. The fourth-order valence-corrected chi connectivity index (χ4v) is 1.13. The van der Waals surface area contributed by atoms with E-state index < -0.39 is 0 Å². The smallest absolute Gasteiger partial charge is 0.104 e. The number of rotatable bonds is 2. The Morgan fingerprint density at radius 1 is 0.929 bits per heavy atom. The van der Waals surface area contributed by atoms with E-state index >= 15 is 0 Å². The Labute approximate surface area is 83.0 Å². The zero-order chi connectivity index (χ0) is 8.32. The average Bonchev–Trinajstić information content (AvgIpc) is 1.85. The molecule has 84 valence electrons. The third-order valence-corrected chi connectivity index (χ3v) is 1.50. The monoisotopic (exact) mass is 209 g/mol. The van der Waals surface area contributed by atoms with Gasteiger partial charge in [-0.15, -0.1) is 0 Å². The topological polar surface area (TPSA) is 0 Å². The Morgan fingerprint density at radius 3 is 1.71 bits per heavy atom. The summed E-state index contributed by atoms with van der Waals surface area (Å²) in [4.78, 5) is 0. The average molecular weight is 209 g/mol. The van der Waals surface area contributed by atoms with Crippen LogP contribution in [0.3, 0.4) is 0 Å². The highest BCUT2D eigenvalue weighted by Crippen LogP contribution is 2.04. The number of benzene rings is 1. The SMILES string of the molecule is C[N+](C)(C)Cc1ccccc1.F.F.[F-]. The lowest BCUT2D eigenvalue weighted by Crippen LogP contribution is -3.00. The van der Waals surface area contributed by atoms with Crippen molar-refractivity contribution in [1.29, 1.82) is 0 Å². The molecule has 0 amide bonds. The number of nitrogens with zero attached hydrogens (tertiary/aromatic N) is 1. The number of halogens is 3. The molecule has 0 aromatic heterocycles. The Bertz CT molecular complexity index is 219. The first-order chi connectivity index (χ1) is 5.08. The molecule has 0 radical (unpaired) electrons. The molecule has 1 aromatic carbocycles. The summed E-state index contributed by atoms with van der Waals surface area (Å²) in [5.74, 6) is 0. The second kappa shape index (κ2) is 7.38. The van der Waals surface area contributed by atoms with Crippen LogP contribution in [0.15, 0.2) is 30.3 Å². The van der Waals surface area contributed by atoms with Gasteiger partial charge < -0.3 is 9.19 Å². The molecule has 0 aliphatic rings. The van der Waals surface area contributed by atoms with Crippen molar-refractivity contribution in [3.63, 3.8) is 0 Å². The van der Waals surface area contributed by atoms with Crippen molar-refractivity contribution in [2.75, 3.05) is 21.1 Å². The van der Waals surface area contributed by atoms with Gasteiger partial charge in [0.15, 0.2) is 0 Å². The molecule has 0 aliphatic heterocycles. The maximum Gasteiger partial charge on any atom is 0.104 e. The van der Waals surface area contributed by atoms with Crippen LogP contribution in [0.2, 0.25) is 0 Å². The molecule has 0 spiro atoms. The molecule has 0 heterocycles. The number of hydrogen-bond acceptors (Lipinski definition) is 0. The van der Waals surface area contributed by atoms with Gasteiger partial charge >= 0.3 is 0 Å². The first-order valence-electron chi connectivity index (χ1n) is 3.92. The molecule has 4 heteroatoms. The highest BCUT2D eigenvalue weighted by Gasteiger charge is 2.06. The van der Waals surface area contributed by atoms with E-state index in [1.54, 1.807) is 0 Å². The first kappa shape index (κ1) is 18.7. The minimum atomic E-state index is 0. The van der Waals surface area contributed by atoms with Gasteiger partial charge in [-0.25, -0.2) is 0 Å². The summed E-state index contributed by atoms with van der Waals surface area (Å²) >= 11 is 0. The summed E-state index contributed by atoms with van der Waals surface area (Å²) in [5.41, 5.74) is 1.40. The van der Waals surface area contributed by atoms with Gasteiger partial charge in [0, 0.05) is 5.56 Å². The van der Waals surface area contributed by atoms with E-state index in [2.05, 4.69) is 51.5 Å². The van der Waals surface area contributed by atoms with Crippen molar-refractivity contribution >= 4 is 0 Å². The van der Waals surface area contributed by atoms with E-state index in [1.807, 2.05) is 0 Å². The van der Waals surface area contributed by atoms with E-state index in [9.17, 15) is 0 Å². The third kappa shape index (κ3) is 7.61. The van der Waals surface area contributed by atoms with Crippen LogP contribution in [-0.4, -0.2) is 25.6 Å². The third-order valence-electron chi connectivity index (χ3n) is 1.50. The molecule has 1 nitrogen and oxygen atoms in total. The van der Waals surface area contributed by atoms with Gasteiger partial charge in [-0.3, -0.25) is 9.41 Å². The maximum atomic E-state index is 2.20. The molecule has 0 atom stereocenters. The number of hydrogen-bond donors (Lipinski definition) is 0. The zero-order valence-electron chi connectivity index (χ0n) is 8.74. The van der Waals surface area contributed by atoms with E-state index in [-0.39, 0.29) is 14.1 Å². The van der Waals surface area contributed by atoms with Gasteiger partial charge in [-0.1, -0.05) is 30.3 Å². The molecular weight excluding hydrogens is 191 g/mol. The van der Waals surface area contributed by atoms with E-state index in [1.165, 1.54) is 5.56 Å². The summed E-state index contributed by atoms with van der Waals surface area (Å²) in [6, 6.07) is 10.6. The van der Waals surface area contributed by atoms with Crippen LogP contribution in [0.5, 0.6) is 0 Å². The normalized spacial score (nSPS) is 9.07. The van der Waals surface area contributed by atoms with Crippen molar-refractivity contribution in [3.8, 4) is 0 Å². The van der Waals surface area contributed by atoms with Crippen molar-refractivity contribution in [1.82, 2.24) is 0 Å². The van der Waals surface area contributed by atoms with Gasteiger partial charge in [0.2, 0.25) is 0 Å². The lowest BCUT2D eigenvalue weighted by atomic mass is 10.2. The van der Waals surface area contributed by atoms with Gasteiger partial charge in [-0.2, -0.15) is 0 Å². The van der Waals surface area contributed by atoms with Gasteiger partial charge in [0.25, 0.3) is 0 Å². The lowest BCUT2D eigenvalue weighted by Gasteiger charge is -2.23. The Balaban J connectivity index is -0.000000403.